The van der Waals surface area contributed by atoms with Gasteiger partial charge < -0.3 is 15.5 Å². The van der Waals surface area contributed by atoms with Gasteiger partial charge in [-0.3, -0.25) is 4.79 Å². The van der Waals surface area contributed by atoms with E-state index in [2.05, 4.69) is 32.4 Å². The average molecular weight is 279 g/mol. The second kappa shape index (κ2) is 9.25. The molecule has 0 bridgehead atoms. The average Bonchev–Trinajstić information content (AvgIpc) is 2.44. The molecule has 0 aliphatic heterocycles. The maximum Gasteiger partial charge on any atom is 0.254 e. The number of amides is 1. The van der Waals surface area contributed by atoms with E-state index >= 15 is 0 Å². The zero-order valence-corrected chi connectivity index (χ0v) is 12.6. The molecule has 0 saturated heterocycles. The van der Waals surface area contributed by atoms with Gasteiger partial charge in [-0.2, -0.15) is 0 Å². The van der Waals surface area contributed by atoms with Crippen molar-refractivity contribution in [2.75, 3.05) is 39.0 Å². The lowest BCUT2D eigenvalue weighted by molar-refractivity contribution is 0.0952. The van der Waals surface area contributed by atoms with E-state index in [9.17, 15) is 4.79 Å². The van der Waals surface area contributed by atoms with Crippen molar-refractivity contribution in [3.8, 4) is 0 Å². The van der Waals surface area contributed by atoms with Crippen LogP contribution in [-0.4, -0.2) is 54.5 Å². The summed E-state index contributed by atoms with van der Waals surface area (Å²) in [6, 6.07) is 0. The molecule has 112 valence electrons. The van der Waals surface area contributed by atoms with Crippen LogP contribution in [0.2, 0.25) is 0 Å². The number of hydrogen-bond donors (Lipinski definition) is 2. The summed E-state index contributed by atoms with van der Waals surface area (Å²) < 4.78 is 0. The minimum atomic E-state index is -0.110. The van der Waals surface area contributed by atoms with Crippen LogP contribution in [-0.2, 0) is 0 Å². The van der Waals surface area contributed by atoms with Gasteiger partial charge in [0.1, 0.15) is 0 Å². The molecule has 0 saturated carbocycles. The minimum absolute atomic E-state index is 0.110. The van der Waals surface area contributed by atoms with E-state index in [0.717, 1.165) is 32.4 Å². The molecule has 0 atom stereocenters. The fraction of sp³-hybridized carbons (Fsp3) is 0.643. The summed E-state index contributed by atoms with van der Waals surface area (Å²) in [6.45, 7) is 4.52. The van der Waals surface area contributed by atoms with Crippen LogP contribution in [0, 0.1) is 0 Å². The lowest BCUT2D eigenvalue weighted by atomic mass is 10.2. The van der Waals surface area contributed by atoms with Crippen LogP contribution in [0.1, 0.15) is 36.5 Å². The first kappa shape index (κ1) is 16.4. The molecule has 0 radical (unpaired) electrons. The zero-order chi connectivity index (χ0) is 14.8. The molecule has 0 fully saturated rings. The van der Waals surface area contributed by atoms with Crippen LogP contribution < -0.4 is 10.6 Å². The summed E-state index contributed by atoms with van der Waals surface area (Å²) in [7, 11) is 4.02. The normalized spacial score (nSPS) is 10.6. The molecule has 1 rings (SSSR count). The highest BCUT2D eigenvalue weighted by Gasteiger charge is 2.06. The molecule has 0 aliphatic carbocycles. The summed E-state index contributed by atoms with van der Waals surface area (Å²) in [6.07, 6.45) is 6.39. The van der Waals surface area contributed by atoms with Gasteiger partial charge in [0.15, 0.2) is 0 Å². The summed E-state index contributed by atoms with van der Waals surface area (Å²) in [5.41, 5.74) is 0.500. The van der Waals surface area contributed by atoms with Gasteiger partial charge in [0.05, 0.1) is 5.56 Å². The molecule has 0 unspecified atom stereocenters. The van der Waals surface area contributed by atoms with Crippen molar-refractivity contribution in [3.05, 3.63) is 18.0 Å². The van der Waals surface area contributed by atoms with Crippen LogP contribution in [0.15, 0.2) is 12.4 Å². The molecule has 1 amide bonds. The molecular weight excluding hydrogens is 254 g/mol. The SMILES string of the molecule is CCCCCNC(=O)c1cnc(NCCN(C)C)nc1. The molecule has 1 heterocycles. The van der Waals surface area contributed by atoms with Gasteiger partial charge in [-0.1, -0.05) is 19.8 Å². The van der Waals surface area contributed by atoms with E-state index in [0.29, 0.717) is 18.1 Å². The van der Waals surface area contributed by atoms with E-state index in [1.807, 2.05) is 14.1 Å². The third-order valence-electron chi connectivity index (χ3n) is 2.82. The number of hydrogen-bond acceptors (Lipinski definition) is 5. The molecule has 0 spiro atoms. The highest BCUT2D eigenvalue weighted by molar-refractivity contribution is 5.93. The third kappa shape index (κ3) is 6.47. The fourth-order valence-corrected chi connectivity index (χ4v) is 1.61. The van der Waals surface area contributed by atoms with Crippen molar-refractivity contribution in [3.63, 3.8) is 0 Å². The quantitative estimate of drug-likeness (QED) is 0.668. The van der Waals surface area contributed by atoms with Gasteiger partial charge in [0.2, 0.25) is 5.95 Å². The standard InChI is InChI=1S/C14H25N5O/c1-4-5-6-7-15-13(20)12-10-17-14(18-11-12)16-8-9-19(2)3/h10-11H,4-9H2,1-3H3,(H,15,20)(H,16,17,18). The Morgan fingerprint density at radius 2 is 1.90 bits per heavy atom. The Kier molecular flexibility index (Phi) is 7.57. The number of rotatable bonds is 9. The number of unbranched alkanes of at least 4 members (excludes halogenated alkanes) is 2. The van der Waals surface area contributed by atoms with E-state index in [-0.39, 0.29) is 5.91 Å². The lowest BCUT2D eigenvalue weighted by Crippen LogP contribution is -2.25. The molecule has 0 aliphatic rings. The highest BCUT2D eigenvalue weighted by Crippen LogP contribution is 2.00. The van der Waals surface area contributed by atoms with E-state index in [1.165, 1.54) is 0 Å². The molecule has 0 aromatic carbocycles. The van der Waals surface area contributed by atoms with Gasteiger partial charge in [-0.25, -0.2) is 9.97 Å². The van der Waals surface area contributed by atoms with Crippen LogP contribution in [0.5, 0.6) is 0 Å². The van der Waals surface area contributed by atoms with Crippen molar-refractivity contribution in [2.24, 2.45) is 0 Å². The summed E-state index contributed by atoms with van der Waals surface area (Å²) in [4.78, 5) is 22.2. The fourth-order valence-electron chi connectivity index (χ4n) is 1.61. The molecule has 20 heavy (non-hydrogen) atoms. The second-order valence-corrected chi connectivity index (χ2v) is 4.99. The topological polar surface area (TPSA) is 70.2 Å². The number of nitrogens with one attached hydrogen (secondary N) is 2. The van der Waals surface area contributed by atoms with E-state index in [4.69, 9.17) is 0 Å². The number of aromatic nitrogens is 2. The monoisotopic (exact) mass is 279 g/mol. The Labute approximate surface area is 121 Å². The molecule has 6 heteroatoms. The molecular formula is C14H25N5O. The summed E-state index contributed by atoms with van der Waals surface area (Å²) in [5, 5.41) is 5.97. The van der Waals surface area contributed by atoms with Gasteiger partial charge in [-0.05, 0) is 20.5 Å². The number of carbonyl (C=O) groups excluding carboxylic acids is 1. The van der Waals surface area contributed by atoms with Crippen LogP contribution in [0.25, 0.3) is 0 Å². The van der Waals surface area contributed by atoms with Crippen molar-refractivity contribution in [1.29, 1.82) is 0 Å². The van der Waals surface area contributed by atoms with Crippen LogP contribution >= 0.6 is 0 Å². The Morgan fingerprint density at radius 3 is 2.50 bits per heavy atom. The number of likely N-dealkylation sites (N-methyl/N-ethyl adjacent to an activating group) is 1. The number of carbonyl (C=O) groups is 1. The van der Waals surface area contributed by atoms with Gasteiger partial charge in [0, 0.05) is 32.0 Å². The maximum atomic E-state index is 11.8. The van der Waals surface area contributed by atoms with Crippen molar-refractivity contribution < 1.29 is 4.79 Å². The Hall–Kier alpha value is -1.69. The second-order valence-electron chi connectivity index (χ2n) is 4.99. The van der Waals surface area contributed by atoms with Crippen molar-refractivity contribution in [1.82, 2.24) is 20.2 Å². The summed E-state index contributed by atoms with van der Waals surface area (Å²) >= 11 is 0. The highest BCUT2D eigenvalue weighted by atomic mass is 16.1. The third-order valence-corrected chi connectivity index (χ3v) is 2.82. The Morgan fingerprint density at radius 1 is 1.20 bits per heavy atom. The minimum Gasteiger partial charge on any atom is -0.353 e. The maximum absolute atomic E-state index is 11.8. The first-order valence-corrected chi connectivity index (χ1v) is 7.12. The lowest BCUT2D eigenvalue weighted by Gasteiger charge is -2.10. The largest absolute Gasteiger partial charge is 0.353 e. The zero-order valence-electron chi connectivity index (χ0n) is 12.6. The summed E-state index contributed by atoms with van der Waals surface area (Å²) in [5.74, 6) is 0.440. The molecule has 1 aromatic heterocycles. The number of nitrogens with zero attached hydrogens (tertiary/aromatic N) is 3. The molecule has 6 nitrogen and oxygen atoms in total. The van der Waals surface area contributed by atoms with Gasteiger partial charge >= 0.3 is 0 Å². The first-order chi connectivity index (χ1) is 9.63. The van der Waals surface area contributed by atoms with E-state index in [1.54, 1.807) is 12.4 Å². The van der Waals surface area contributed by atoms with Crippen LogP contribution in [0.4, 0.5) is 5.95 Å². The predicted molar refractivity (Wildman–Crippen MR) is 80.9 cm³/mol. The predicted octanol–water partition coefficient (Wildman–Crippen LogP) is 1.37. The van der Waals surface area contributed by atoms with E-state index < -0.39 is 0 Å². The van der Waals surface area contributed by atoms with Gasteiger partial charge in [0.25, 0.3) is 5.91 Å². The Balaban J connectivity index is 2.35. The number of anilines is 1. The Bertz CT molecular complexity index is 391. The smallest absolute Gasteiger partial charge is 0.254 e. The van der Waals surface area contributed by atoms with Crippen molar-refractivity contribution in [2.45, 2.75) is 26.2 Å². The van der Waals surface area contributed by atoms with Crippen LogP contribution in [0.3, 0.4) is 0 Å². The van der Waals surface area contributed by atoms with Gasteiger partial charge in [-0.15, -0.1) is 0 Å². The first-order valence-electron chi connectivity index (χ1n) is 7.12. The molecule has 2 N–H and O–H groups in total. The molecule has 1 aromatic rings. The van der Waals surface area contributed by atoms with Crippen molar-refractivity contribution >= 4 is 11.9 Å².